The second kappa shape index (κ2) is 8.13. The normalized spacial score (nSPS) is 13.1. The Hall–Kier alpha value is -3.00. The fraction of sp³-hybridized carbons (Fsp3) is 0.263. The van der Waals surface area contributed by atoms with Crippen LogP contribution in [0.3, 0.4) is 0 Å². The molecule has 0 aliphatic heterocycles. The van der Waals surface area contributed by atoms with E-state index in [4.69, 9.17) is 4.42 Å². The lowest BCUT2D eigenvalue weighted by molar-refractivity contribution is -0.148. The molecule has 0 aliphatic rings. The molecule has 27 heavy (non-hydrogen) atoms. The summed E-state index contributed by atoms with van der Waals surface area (Å²) in [5, 5.41) is 24.2. The summed E-state index contributed by atoms with van der Waals surface area (Å²) in [5.41, 5.74) is -0.0938. The number of carboxylic acid groups (broad SMARTS) is 1. The molecule has 2 N–H and O–H groups in total. The summed E-state index contributed by atoms with van der Waals surface area (Å²) >= 11 is 1.52. The highest BCUT2D eigenvalue weighted by molar-refractivity contribution is 7.08. The van der Waals surface area contributed by atoms with Crippen molar-refractivity contribution in [2.75, 3.05) is 0 Å². The SMILES string of the molecule is CCC(NC(=O)CCc1nnc(-c2ccsc2)o1)(C(=O)O)c1ccccc1. The molecule has 0 fully saturated rings. The number of carbonyl (C=O) groups excluding carboxylic acids is 1. The van der Waals surface area contributed by atoms with Crippen LogP contribution in [0.2, 0.25) is 0 Å². The van der Waals surface area contributed by atoms with Crippen molar-refractivity contribution in [2.45, 2.75) is 31.7 Å². The topological polar surface area (TPSA) is 105 Å². The molecule has 0 radical (unpaired) electrons. The third kappa shape index (κ3) is 4.06. The van der Waals surface area contributed by atoms with E-state index in [1.54, 1.807) is 37.3 Å². The van der Waals surface area contributed by atoms with E-state index in [9.17, 15) is 14.7 Å². The number of aryl methyl sites for hydroxylation is 1. The minimum Gasteiger partial charge on any atom is -0.479 e. The summed E-state index contributed by atoms with van der Waals surface area (Å²) in [6.07, 6.45) is 0.505. The van der Waals surface area contributed by atoms with Crippen molar-refractivity contribution in [3.05, 3.63) is 58.6 Å². The fourth-order valence-corrected chi connectivity index (χ4v) is 3.42. The van der Waals surface area contributed by atoms with Gasteiger partial charge in [-0.25, -0.2) is 4.79 Å². The van der Waals surface area contributed by atoms with E-state index >= 15 is 0 Å². The first-order valence-electron chi connectivity index (χ1n) is 8.50. The average Bonchev–Trinajstić information content (AvgIpc) is 3.36. The molecule has 2 aromatic heterocycles. The Bertz CT molecular complexity index is 908. The van der Waals surface area contributed by atoms with Crippen LogP contribution in [0, 0.1) is 0 Å². The Morgan fingerprint density at radius 3 is 2.63 bits per heavy atom. The largest absolute Gasteiger partial charge is 0.479 e. The van der Waals surface area contributed by atoms with Crippen LogP contribution in [-0.2, 0) is 21.5 Å². The smallest absolute Gasteiger partial charge is 0.334 e. The molecular formula is C19H19N3O4S. The standard InChI is InChI=1S/C19H19N3O4S/c1-2-19(18(24)25,14-6-4-3-5-7-14)20-15(23)8-9-16-21-22-17(26-16)13-10-11-27-12-13/h3-7,10-12H,2,8-9H2,1H3,(H,20,23)(H,24,25). The zero-order valence-electron chi connectivity index (χ0n) is 14.7. The number of aliphatic carboxylic acids is 1. The molecular weight excluding hydrogens is 366 g/mol. The number of amides is 1. The molecule has 0 spiro atoms. The summed E-state index contributed by atoms with van der Waals surface area (Å²) in [5.74, 6) is -0.742. The van der Waals surface area contributed by atoms with Crippen LogP contribution in [0.5, 0.6) is 0 Å². The number of benzene rings is 1. The Labute approximate surface area is 160 Å². The van der Waals surface area contributed by atoms with Crippen LogP contribution in [0.1, 0.15) is 31.2 Å². The summed E-state index contributed by atoms with van der Waals surface area (Å²) in [6.45, 7) is 1.73. The number of thiophene rings is 1. The monoisotopic (exact) mass is 385 g/mol. The van der Waals surface area contributed by atoms with E-state index in [1.807, 2.05) is 16.8 Å². The maximum atomic E-state index is 12.4. The lowest BCUT2D eigenvalue weighted by Gasteiger charge is -2.30. The van der Waals surface area contributed by atoms with Gasteiger partial charge in [-0.05, 0) is 23.4 Å². The van der Waals surface area contributed by atoms with Gasteiger partial charge in [-0.3, -0.25) is 4.79 Å². The van der Waals surface area contributed by atoms with Crippen molar-refractivity contribution in [3.63, 3.8) is 0 Å². The number of nitrogens with one attached hydrogen (secondary N) is 1. The van der Waals surface area contributed by atoms with Gasteiger partial charge in [0.25, 0.3) is 0 Å². The van der Waals surface area contributed by atoms with E-state index in [-0.39, 0.29) is 19.3 Å². The molecule has 0 aliphatic carbocycles. The van der Waals surface area contributed by atoms with Crippen LogP contribution >= 0.6 is 11.3 Å². The molecule has 140 valence electrons. The van der Waals surface area contributed by atoms with Crippen LogP contribution in [0.4, 0.5) is 0 Å². The minimum absolute atomic E-state index is 0.0487. The molecule has 0 bridgehead atoms. The summed E-state index contributed by atoms with van der Waals surface area (Å²) in [4.78, 5) is 24.4. The fourth-order valence-electron chi connectivity index (χ4n) is 2.79. The quantitative estimate of drug-likeness (QED) is 0.617. The minimum atomic E-state index is -1.46. The number of carboxylic acids is 1. The molecule has 1 atom stereocenters. The van der Waals surface area contributed by atoms with Gasteiger partial charge in [0.2, 0.25) is 17.7 Å². The maximum absolute atomic E-state index is 12.4. The molecule has 7 nitrogen and oxygen atoms in total. The number of carbonyl (C=O) groups is 2. The first kappa shape index (κ1) is 18.8. The molecule has 2 heterocycles. The van der Waals surface area contributed by atoms with Crippen molar-refractivity contribution >= 4 is 23.2 Å². The predicted molar refractivity (Wildman–Crippen MR) is 100 cm³/mol. The second-order valence-corrected chi connectivity index (χ2v) is 6.77. The molecule has 0 saturated carbocycles. The Kier molecular flexibility index (Phi) is 5.66. The van der Waals surface area contributed by atoms with E-state index in [0.717, 1.165) is 5.56 Å². The Morgan fingerprint density at radius 2 is 2.00 bits per heavy atom. The molecule has 3 rings (SSSR count). The van der Waals surface area contributed by atoms with E-state index in [0.29, 0.717) is 17.3 Å². The lowest BCUT2D eigenvalue weighted by Crippen LogP contribution is -2.51. The molecule has 1 amide bonds. The molecule has 3 aromatic rings. The highest BCUT2D eigenvalue weighted by Gasteiger charge is 2.40. The van der Waals surface area contributed by atoms with Crippen LogP contribution in [0.25, 0.3) is 11.5 Å². The van der Waals surface area contributed by atoms with Gasteiger partial charge in [-0.2, -0.15) is 11.3 Å². The number of rotatable bonds is 8. The Balaban J connectivity index is 1.67. The van der Waals surface area contributed by atoms with Gasteiger partial charge >= 0.3 is 5.97 Å². The summed E-state index contributed by atoms with van der Waals surface area (Å²) in [7, 11) is 0. The lowest BCUT2D eigenvalue weighted by atomic mass is 9.87. The van der Waals surface area contributed by atoms with Crippen molar-refractivity contribution in [2.24, 2.45) is 0 Å². The predicted octanol–water partition coefficient (Wildman–Crippen LogP) is 3.24. The van der Waals surface area contributed by atoms with Gasteiger partial charge in [-0.15, -0.1) is 10.2 Å². The zero-order chi connectivity index (χ0) is 19.3. The first-order valence-corrected chi connectivity index (χ1v) is 9.44. The average molecular weight is 385 g/mol. The van der Waals surface area contributed by atoms with Crippen LogP contribution in [0.15, 0.2) is 51.6 Å². The van der Waals surface area contributed by atoms with E-state index < -0.39 is 17.4 Å². The van der Waals surface area contributed by atoms with Crippen LogP contribution < -0.4 is 5.32 Å². The number of hydrogen-bond donors (Lipinski definition) is 2. The van der Waals surface area contributed by atoms with Gasteiger partial charge in [0.1, 0.15) is 0 Å². The maximum Gasteiger partial charge on any atom is 0.334 e. The Morgan fingerprint density at radius 1 is 1.22 bits per heavy atom. The second-order valence-electron chi connectivity index (χ2n) is 5.99. The highest BCUT2D eigenvalue weighted by atomic mass is 32.1. The summed E-state index contributed by atoms with van der Waals surface area (Å²) < 4.78 is 5.56. The van der Waals surface area contributed by atoms with Gasteiger partial charge in [0.05, 0.1) is 0 Å². The van der Waals surface area contributed by atoms with Crippen molar-refractivity contribution in [1.29, 1.82) is 0 Å². The van der Waals surface area contributed by atoms with Crippen molar-refractivity contribution in [1.82, 2.24) is 15.5 Å². The number of hydrogen-bond acceptors (Lipinski definition) is 6. The molecule has 1 unspecified atom stereocenters. The highest BCUT2D eigenvalue weighted by Crippen LogP contribution is 2.26. The summed E-state index contributed by atoms with van der Waals surface area (Å²) in [6, 6.07) is 10.6. The van der Waals surface area contributed by atoms with Crippen molar-refractivity contribution in [3.8, 4) is 11.5 Å². The van der Waals surface area contributed by atoms with Gasteiger partial charge in [-0.1, -0.05) is 37.3 Å². The number of aromatic nitrogens is 2. The van der Waals surface area contributed by atoms with Crippen LogP contribution in [-0.4, -0.2) is 27.2 Å². The van der Waals surface area contributed by atoms with Gasteiger partial charge in [0, 0.05) is 23.8 Å². The van der Waals surface area contributed by atoms with Crippen molar-refractivity contribution < 1.29 is 19.1 Å². The molecule has 8 heteroatoms. The third-order valence-corrected chi connectivity index (χ3v) is 5.00. The zero-order valence-corrected chi connectivity index (χ0v) is 15.5. The first-order chi connectivity index (χ1) is 13.0. The van der Waals surface area contributed by atoms with E-state index in [2.05, 4.69) is 15.5 Å². The van der Waals surface area contributed by atoms with E-state index in [1.165, 1.54) is 11.3 Å². The molecule has 1 aromatic carbocycles. The van der Waals surface area contributed by atoms with Gasteiger partial charge in [0.15, 0.2) is 5.54 Å². The molecule has 0 saturated heterocycles. The third-order valence-electron chi connectivity index (χ3n) is 4.32. The van der Waals surface area contributed by atoms with Gasteiger partial charge < -0.3 is 14.8 Å². The number of nitrogens with zero attached hydrogens (tertiary/aromatic N) is 2.